The van der Waals surface area contributed by atoms with Gasteiger partial charge in [-0.25, -0.2) is 0 Å². The van der Waals surface area contributed by atoms with E-state index in [4.69, 9.17) is 9.84 Å². The number of nitrogens with one attached hydrogen (secondary N) is 2. The zero-order chi connectivity index (χ0) is 13.8. The van der Waals surface area contributed by atoms with E-state index in [1.807, 2.05) is 0 Å². The van der Waals surface area contributed by atoms with E-state index in [0.29, 0.717) is 11.6 Å². The number of aliphatic carboxylic acids is 1. The normalized spacial score (nSPS) is 10.4. The van der Waals surface area contributed by atoms with Gasteiger partial charge in [0.05, 0.1) is 19.0 Å². The number of hydrogen-bond acceptors (Lipinski definition) is 4. The fraction of sp³-hybridized carbons (Fsp3) is 0.250. The SMILES string of the molecule is COc1ccc2c(NC(=O)CCC(=O)O)n[nH]c2c1. The first-order chi connectivity index (χ1) is 9.10. The summed E-state index contributed by atoms with van der Waals surface area (Å²) in [6.45, 7) is 0. The molecule has 1 heterocycles. The molecule has 2 rings (SSSR count). The number of benzene rings is 1. The van der Waals surface area contributed by atoms with Crippen LogP contribution in [0.1, 0.15) is 12.8 Å². The number of aromatic nitrogens is 2. The molecular formula is C12H13N3O4. The van der Waals surface area contributed by atoms with Crippen LogP contribution >= 0.6 is 0 Å². The van der Waals surface area contributed by atoms with E-state index in [9.17, 15) is 9.59 Å². The number of rotatable bonds is 5. The molecule has 0 saturated heterocycles. The zero-order valence-electron chi connectivity index (χ0n) is 10.3. The summed E-state index contributed by atoms with van der Waals surface area (Å²) in [5.41, 5.74) is 0.730. The molecule has 3 N–H and O–H groups in total. The maximum Gasteiger partial charge on any atom is 0.303 e. The zero-order valence-corrected chi connectivity index (χ0v) is 10.3. The van der Waals surface area contributed by atoms with Crippen molar-refractivity contribution in [2.24, 2.45) is 0 Å². The van der Waals surface area contributed by atoms with Crippen LogP contribution < -0.4 is 10.1 Å². The van der Waals surface area contributed by atoms with Gasteiger partial charge in [0, 0.05) is 17.9 Å². The lowest BCUT2D eigenvalue weighted by Gasteiger charge is -2.01. The van der Waals surface area contributed by atoms with Gasteiger partial charge in [0.15, 0.2) is 5.82 Å². The number of carbonyl (C=O) groups excluding carboxylic acids is 1. The van der Waals surface area contributed by atoms with Crippen LogP contribution in [-0.2, 0) is 9.59 Å². The van der Waals surface area contributed by atoms with E-state index in [1.165, 1.54) is 0 Å². The summed E-state index contributed by atoms with van der Waals surface area (Å²) in [6, 6.07) is 5.28. The number of hydrogen-bond donors (Lipinski definition) is 3. The Kier molecular flexibility index (Phi) is 3.65. The van der Waals surface area contributed by atoms with Crippen molar-refractivity contribution in [3.05, 3.63) is 18.2 Å². The van der Waals surface area contributed by atoms with Crippen molar-refractivity contribution < 1.29 is 19.4 Å². The molecule has 1 aromatic heterocycles. The number of carboxylic acid groups (broad SMARTS) is 1. The molecule has 19 heavy (non-hydrogen) atoms. The molecule has 1 aromatic carbocycles. The molecule has 7 heteroatoms. The maximum atomic E-state index is 11.5. The minimum atomic E-state index is -1.01. The van der Waals surface area contributed by atoms with Crippen molar-refractivity contribution in [3.8, 4) is 5.75 Å². The molecule has 0 unspecified atom stereocenters. The van der Waals surface area contributed by atoms with Crippen molar-refractivity contribution in [1.82, 2.24) is 10.2 Å². The molecule has 0 aliphatic heterocycles. The lowest BCUT2D eigenvalue weighted by atomic mass is 10.2. The summed E-state index contributed by atoms with van der Waals surface area (Å²) in [6.07, 6.45) is -0.290. The van der Waals surface area contributed by atoms with E-state index < -0.39 is 5.97 Å². The smallest absolute Gasteiger partial charge is 0.303 e. The van der Waals surface area contributed by atoms with Gasteiger partial charge < -0.3 is 15.2 Å². The molecule has 2 aromatic rings. The van der Waals surface area contributed by atoms with Crippen LogP contribution in [0.4, 0.5) is 5.82 Å². The lowest BCUT2D eigenvalue weighted by Crippen LogP contribution is -2.13. The molecule has 0 aliphatic rings. The quantitative estimate of drug-likeness (QED) is 0.755. The Morgan fingerprint density at radius 2 is 2.21 bits per heavy atom. The van der Waals surface area contributed by atoms with Crippen LogP contribution in [0.3, 0.4) is 0 Å². The van der Waals surface area contributed by atoms with Gasteiger partial charge in [-0.1, -0.05) is 0 Å². The molecular weight excluding hydrogens is 250 g/mol. The Hall–Kier alpha value is -2.57. The van der Waals surface area contributed by atoms with Gasteiger partial charge in [-0.15, -0.1) is 0 Å². The summed E-state index contributed by atoms with van der Waals surface area (Å²) in [5, 5.41) is 18.6. The highest BCUT2D eigenvalue weighted by Crippen LogP contribution is 2.24. The monoisotopic (exact) mass is 263 g/mol. The molecule has 0 saturated carbocycles. The van der Waals surface area contributed by atoms with Crippen LogP contribution in [0.15, 0.2) is 18.2 Å². The highest BCUT2D eigenvalue weighted by Gasteiger charge is 2.11. The second-order valence-corrected chi connectivity index (χ2v) is 3.93. The van der Waals surface area contributed by atoms with Gasteiger partial charge in [-0.2, -0.15) is 5.10 Å². The van der Waals surface area contributed by atoms with Crippen molar-refractivity contribution in [3.63, 3.8) is 0 Å². The van der Waals surface area contributed by atoms with Crippen LogP contribution in [0.2, 0.25) is 0 Å². The largest absolute Gasteiger partial charge is 0.497 e. The third-order valence-electron chi connectivity index (χ3n) is 2.59. The first-order valence-electron chi connectivity index (χ1n) is 5.64. The first kappa shape index (κ1) is 12.9. The summed E-state index contributed by atoms with van der Waals surface area (Å²) in [7, 11) is 1.56. The van der Waals surface area contributed by atoms with Crippen molar-refractivity contribution in [2.75, 3.05) is 12.4 Å². The average Bonchev–Trinajstić information content (AvgIpc) is 2.78. The molecule has 0 spiro atoms. The molecule has 0 bridgehead atoms. The molecule has 100 valence electrons. The molecule has 1 amide bonds. The highest BCUT2D eigenvalue weighted by molar-refractivity contribution is 6.00. The van der Waals surface area contributed by atoms with Gasteiger partial charge in [-0.05, 0) is 12.1 Å². The highest BCUT2D eigenvalue weighted by atomic mass is 16.5. The van der Waals surface area contributed by atoms with Crippen molar-refractivity contribution in [2.45, 2.75) is 12.8 Å². The average molecular weight is 263 g/mol. The number of methoxy groups -OCH3 is 1. The van der Waals surface area contributed by atoms with E-state index in [2.05, 4.69) is 15.5 Å². The van der Waals surface area contributed by atoms with Crippen LogP contribution in [-0.4, -0.2) is 34.3 Å². The number of carboxylic acids is 1. The number of anilines is 1. The Labute approximate surface area is 108 Å². The Morgan fingerprint density at radius 3 is 2.89 bits per heavy atom. The molecule has 0 aliphatic carbocycles. The van der Waals surface area contributed by atoms with E-state index in [0.717, 1.165) is 10.9 Å². The predicted octanol–water partition coefficient (Wildman–Crippen LogP) is 1.37. The fourth-order valence-electron chi connectivity index (χ4n) is 1.64. The van der Waals surface area contributed by atoms with Crippen molar-refractivity contribution in [1.29, 1.82) is 0 Å². The molecule has 0 radical (unpaired) electrons. The van der Waals surface area contributed by atoms with Crippen molar-refractivity contribution >= 4 is 28.6 Å². The molecule has 7 nitrogen and oxygen atoms in total. The topological polar surface area (TPSA) is 104 Å². The summed E-state index contributed by atoms with van der Waals surface area (Å²) in [5.74, 6) is -0.327. The lowest BCUT2D eigenvalue weighted by molar-refractivity contribution is -0.138. The van der Waals surface area contributed by atoms with E-state index in [-0.39, 0.29) is 18.7 Å². The van der Waals surface area contributed by atoms with Gasteiger partial charge in [0.25, 0.3) is 0 Å². The number of carbonyl (C=O) groups is 2. The number of aromatic amines is 1. The number of fused-ring (bicyclic) bond motifs is 1. The number of ether oxygens (including phenoxy) is 1. The molecule has 0 atom stereocenters. The van der Waals surface area contributed by atoms with Gasteiger partial charge in [-0.3, -0.25) is 14.7 Å². The number of nitrogens with zero attached hydrogens (tertiary/aromatic N) is 1. The third-order valence-corrected chi connectivity index (χ3v) is 2.59. The standard InChI is InChI=1S/C12H13N3O4/c1-19-7-2-3-8-9(6-7)14-15-12(8)13-10(16)4-5-11(17)18/h2-3,6H,4-5H2,1H3,(H,17,18)(H2,13,14,15,16). The number of amides is 1. The summed E-state index contributed by atoms with van der Waals surface area (Å²) >= 11 is 0. The Bertz CT molecular complexity index is 620. The van der Waals surface area contributed by atoms with E-state index in [1.54, 1.807) is 25.3 Å². The second-order valence-electron chi connectivity index (χ2n) is 3.93. The fourth-order valence-corrected chi connectivity index (χ4v) is 1.64. The van der Waals surface area contributed by atoms with Crippen LogP contribution in [0, 0.1) is 0 Å². The Morgan fingerprint density at radius 1 is 1.42 bits per heavy atom. The minimum absolute atomic E-state index is 0.0835. The van der Waals surface area contributed by atoms with Crippen LogP contribution in [0.25, 0.3) is 10.9 Å². The maximum absolute atomic E-state index is 11.5. The Balaban J connectivity index is 2.13. The van der Waals surface area contributed by atoms with Crippen LogP contribution in [0.5, 0.6) is 5.75 Å². The molecule has 0 fully saturated rings. The summed E-state index contributed by atoms with van der Waals surface area (Å²) in [4.78, 5) is 21.9. The third kappa shape index (κ3) is 3.01. The predicted molar refractivity (Wildman–Crippen MR) is 68.1 cm³/mol. The second kappa shape index (κ2) is 5.38. The van der Waals surface area contributed by atoms with Gasteiger partial charge in [0.2, 0.25) is 5.91 Å². The minimum Gasteiger partial charge on any atom is -0.497 e. The van der Waals surface area contributed by atoms with Gasteiger partial charge in [0.1, 0.15) is 5.75 Å². The van der Waals surface area contributed by atoms with Gasteiger partial charge >= 0.3 is 5.97 Å². The van der Waals surface area contributed by atoms with E-state index >= 15 is 0 Å². The first-order valence-corrected chi connectivity index (χ1v) is 5.64. The summed E-state index contributed by atoms with van der Waals surface area (Å²) < 4.78 is 5.08. The number of H-pyrrole nitrogens is 1.